The van der Waals surface area contributed by atoms with Crippen LogP contribution in [0.4, 0.5) is 0 Å². The second kappa shape index (κ2) is 5.94. The number of carbonyl (C=O) groups is 1. The van der Waals surface area contributed by atoms with Gasteiger partial charge in [0.2, 0.25) is 0 Å². The van der Waals surface area contributed by atoms with Gasteiger partial charge in [-0.1, -0.05) is 48.2 Å². The molecule has 4 heteroatoms. The van der Waals surface area contributed by atoms with Crippen molar-refractivity contribution < 1.29 is 9.90 Å². The highest BCUT2D eigenvalue weighted by atomic mass is 35.5. The van der Waals surface area contributed by atoms with Crippen LogP contribution in [0.2, 0.25) is 10.0 Å². The Balaban J connectivity index is 2.27. The van der Waals surface area contributed by atoms with Crippen molar-refractivity contribution in [1.82, 2.24) is 0 Å². The molecular formula is C14H16Cl2O2. The summed E-state index contributed by atoms with van der Waals surface area (Å²) < 4.78 is 0. The minimum Gasteiger partial charge on any atom is -0.481 e. The molecule has 1 aromatic carbocycles. The van der Waals surface area contributed by atoms with Gasteiger partial charge in [-0.05, 0) is 36.3 Å². The van der Waals surface area contributed by atoms with E-state index in [1.807, 2.05) is 12.1 Å². The normalized spacial score (nSPS) is 23.9. The number of aliphatic carboxylic acids is 1. The van der Waals surface area contributed by atoms with Crippen molar-refractivity contribution in [3.05, 3.63) is 33.8 Å². The van der Waals surface area contributed by atoms with E-state index in [1.54, 1.807) is 6.07 Å². The van der Waals surface area contributed by atoms with Crippen molar-refractivity contribution in [3.63, 3.8) is 0 Å². The Morgan fingerprint density at radius 2 is 2.00 bits per heavy atom. The largest absolute Gasteiger partial charge is 0.481 e. The smallest absolute Gasteiger partial charge is 0.303 e. The predicted octanol–water partition coefficient (Wildman–Crippen LogP) is 4.74. The standard InChI is InChI=1S/C14H16Cl2O2/c15-12-7-3-6-11(14(12)16)10-5-2-1-4-9(10)8-13(17)18/h3,6-7,9-10H,1-2,4-5,8H2,(H,17,18). The number of hydrogen-bond acceptors (Lipinski definition) is 1. The zero-order chi connectivity index (χ0) is 13.1. The first kappa shape index (κ1) is 13.7. The van der Waals surface area contributed by atoms with Crippen molar-refractivity contribution in [2.24, 2.45) is 5.92 Å². The van der Waals surface area contributed by atoms with Crippen LogP contribution >= 0.6 is 23.2 Å². The third-order valence-electron chi connectivity index (χ3n) is 3.73. The fraction of sp³-hybridized carbons (Fsp3) is 0.500. The van der Waals surface area contributed by atoms with Crippen molar-refractivity contribution in [3.8, 4) is 0 Å². The molecule has 0 saturated heterocycles. The van der Waals surface area contributed by atoms with Gasteiger partial charge in [-0.2, -0.15) is 0 Å². The van der Waals surface area contributed by atoms with Crippen LogP contribution < -0.4 is 0 Å². The van der Waals surface area contributed by atoms with E-state index in [9.17, 15) is 4.79 Å². The molecule has 0 spiro atoms. The van der Waals surface area contributed by atoms with Crippen LogP contribution in [0.3, 0.4) is 0 Å². The molecule has 0 aliphatic heterocycles. The SMILES string of the molecule is O=C(O)CC1CCCCC1c1cccc(Cl)c1Cl. The van der Waals surface area contributed by atoms with E-state index in [4.69, 9.17) is 28.3 Å². The summed E-state index contributed by atoms with van der Waals surface area (Å²) in [6.07, 6.45) is 4.40. The quantitative estimate of drug-likeness (QED) is 0.871. The summed E-state index contributed by atoms with van der Waals surface area (Å²) >= 11 is 12.3. The number of rotatable bonds is 3. The van der Waals surface area contributed by atoms with E-state index < -0.39 is 5.97 Å². The highest BCUT2D eigenvalue weighted by molar-refractivity contribution is 6.42. The van der Waals surface area contributed by atoms with Gasteiger partial charge in [0.15, 0.2) is 0 Å². The Kier molecular flexibility index (Phi) is 4.52. The molecule has 0 aromatic heterocycles. The van der Waals surface area contributed by atoms with E-state index >= 15 is 0 Å². The number of benzene rings is 1. The van der Waals surface area contributed by atoms with Crippen molar-refractivity contribution in [2.45, 2.75) is 38.0 Å². The summed E-state index contributed by atoms with van der Waals surface area (Å²) in [4.78, 5) is 10.9. The van der Waals surface area contributed by atoms with Gasteiger partial charge in [0.1, 0.15) is 0 Å². The van der Waals surface area contributed by atoms with Crippen LogP contribution in [0, 0.1) is 5.92 Å². The highest BCUT2D eigenvalue weighted by Crippen LogP contribution is 2.43. The lowest BCUT2D eigenvalue weighted by Gasteiger charge is -2.31. The van der Waals surface area contributed by atoms with Crippen LogP contribution in [0.25, 0.3) is 0 Å². The van der Waals surface area contributed by atoms with Crippen LogP contribution in [0.15, 0.2) is 18.2 Å². The van der Waals surface area contributed by atoms with Crippen LogP contribution in [-0.2, 0) is 4.79 Å². The Morgan fingerprint density at radius 3 is 2.72 bits per heavy atom. The molecule has 1 saturated carbocycles. The van der Waals surface area contributed by atoms with Gasteiger partial charge >= 0.3 is 5.97 Å². The zero-order valence-corrected chi connectivity index (χ0v) is 11.5. The molecule has 98 valence electrons. The van der Waals surface area contributed by atoms with Gasteiger partial charge in [0.05, 0.1) is 10.0 Å². The molecule has 0 amide bonds. The van der Waals surface area contributed by atoms with E-state index in [0.29, 0.717) is 10.0 Å². The molecule has 1 fully saturated rings. The number of hydrogen-bond donors (Lipinski definition) is 1. The fourth-order valence-electron chi connectivity index (χ4n) is 2.89. The molecule has 18 heavy (non-hydrogen) atoms. The summed E-state index contributed by atoms with van der Waals surface area (Å²) in [6, 6.07) is 5.62. The Morgan fingerprint density at radius 1 is 1.28 bits per heavy atom. The predicted molar refractivity (Wildman–Crippen MR) is 73.4 cm³/mol. The summed E-state index contributed by atoms with van der Waals surface area (Å²) in [7, 11) is 0. The maximum Gasteiger partial charge on any atom is 0.303 e. The van der Waals surface area contributed by atoms with Crippen LogP contribution in [0.5, 0.6) is 0 Å². The monoisotopic (exact) mass is 286 g/mol. The second-order valence-electron chi connectivity index (χ2n) is 4.89. The third kappa shape index (κ3) is 2.99. The maximum atomic E-state index is 10.9. The number of carboxylic acids is 1. The topological polar surface area (TPSA) is 37.3 Å². The molecule has 1 N–H and O–H groups in total. The van der Waals surface area contributed by atoms with Gasteiger partial charge in [-0.3, -0.25) is 4.79 Å². The summed E-state index contributed by atoms with van der Waals surface area (Å²) in [5.41, 5.74) is 1.01. The van der Waals surface area contributed by atoms with Crippen molar-refractivity contribution >= 4 is 29.2 Å². The molecule has 2 nitrogen and oxygen atoms in total. The van der Waals surface area contributed by atoms with Gasteiger partial charge in [-0.15, -0.1) is 0 Å². The maximum absolute atomic E-state index is 10.9. The molecule has 0 heterocycles. The minimum atomic E-state index is -0.731. The Labute approximate surface area is 117 Å². The molecule has 0 radical (unpaired) electrons. The molecular weight excluding hydrogens is 271 g/mol. The van der Waals surface area contributed by atoms with Crippen LogP contribution in [0.1, 0.15) is 43.6 Å². The van der Waals surface area contributed by atoms with Gasteiger partial charge < -0.3 is 5.11 Å². The van der Waals surface area contributed by atoms with E-state index in [2.05, 4.69) is 0 Å². The summed E-state index contributed by atoms with van der Waals surface area (Å²) in [6.45, 7) is 0. The average molecular weight is 287 g/mol. The Hall–Kier alpha value is -0.730. The molecule has 1 aromatic rings. The van der Waals surface area contributed by atoms with Gasteiger partial charge in [0.25, 0.3) is 0 Å². The molecule has 2 rings (SSSR count). The fourth-order valence-corrected chi connectivity index (χ4v) is 3.34. The lowest BCUT2D eigenvalue weighted by Crippen LogP contribution is -2.21. The molecule has 0 bridgehead atoms. The zero-order valence-electron chi connectivity index (χ0n) is 10.0. The summed E-state index contributed by atoms with van der Waals surface area (Å²) in [5.74, 6) is -0.335. The van der Waals surface area contributed by atoms with Gasteiger partial charge in [0, 0.05) is 6.42 Å². The van der Waals surface area contributed by atoms with Gasteiger partial charge in [-0.25, -0.2) is 0 Å². The summed E-state index contributed by atoms with van der Waals surface area (Å²) in [5, 5.41) is 10.1. The first-order chi connectivity index (χ1) is 8.59. The average Bonchev–Trinajstić information content (AvgIpc) is 2.33. The third-order valence-corrected chi connectivity index (χ3v) is 4.56. The molecule has 1 aliphatic rings. The number of halogens is 2. The first-order valence-corrected chi connectivity index (χ1v) is 7.01. The van der Waals surface area contributed by atoms with E-state index in [-0.39, 0.29) is 18.3 Å². The number of carboxylic acid groups (broad SMARTS) is 1. The van der Waals surface area contributed by atoms with E-state index in [1.165, 1.54) is 0 Å². The Bertz CT molecular complexity index is 445. The highest BCUT2D eigenvalue weighted by Gasteiger charge is 2.29. The molecule has 2 unspecified atom stereocenters. The molecule has 2 atom stereocenters. The lowest BCUT2D eigenvalue weighted by atomic mass is 9.74. The van der Waals surface area contributed by atoms with Crippen molar-refractivity contribution in [2.75, 3.05) is 0 Å². The minimum absolute atomic E-state index is 0.173. The van der Waals surface area contributed by atoms with E-state index in [0.717, 1.165) is 31.2 Å². The molecule has 1 aliphatic carbocycles. The second-order valence-corrected chi connectivity index (χ2v) is 5.68. The van der Waals surface area contributed by atoms with Crippen LogP contribution in [-0.4, -0.2) is 11.1 Å². The van der Waals surface area contributed by atoms with Crippen molar-refractivity contribution in [1.29, 1.82) is 0 Å². The lowest BCUT2D eigenvalue weighted by molar-refractivity contribution is -0.138. The first-order valence-electron chi connectivity index (χ1n) is 6.25.